The fourth-order valence-electron chi connectivity index (χ4n) is 2.40. The maximum absolute atomic E-state index is 11.9. The molecule has 0 aliphatic heterocycles. The van der Waals surface area contributed by atoms with E-state index in [2.05, 4.69) is 10.6 Å². The SMILES string of the molecule is CCC(CC)(CO)NC(=O)NC1CCCCC1. The quantitative estimate of drug-likeness (QED) is 0.692. The van der Waals surface area contributed by atoms with E-state index in [1.54, 1.807) is 0 Å². The number of carbonyl (C=O) groups excluding carboxylic acids is 1. The second kappa shape index (κ2) is 6.84. The summed E-state index contributed by atoms with van der Waals surface area (Å²) in [5.41, 5.74) is -0.460. The van der Waals surface area contributed by atoms with Gasteiger partial charge in [-0.05, 0) is 25.7 Å². The molecule has 0 atom stereocenters. The van der Waals surface area contributed by atoms with Crippen LogP contribution < -0.4 is 10.6 Å². The molecular weight excluding hydrogens is 216 g/mol. The first-order chi connectivity index (χ1) is 8.15. The molecule has 1 aliphatic carbocycles. The van der Waals surface area contributed by atoms with Gasteiger partial charge in [0.15, 0.2) is 0 Å². The molecule has 17 heavy (non-hydrogen) atoms. The van der Waals surface area contributed by atoms with Gasteiger partial charge >= 0.3 is 6.03 Å². The third-order valence-electron chi connectivity index (χ3n) is 3.98. The summed E-state index contributed by atoms with van der Waals surface area (Å²) in [6.45, 7) is 3.97. The smallest absolute Gasteiger partial charge is 0.315 e. The zero-order valence-corrected chi connectivity index (χ0v) is 11.1. The second-order valence-corrected chi connectivity index (χ2v) is 5.08. The van der Waals surface area contributed by atoms with Gasteiger partial charge in [-0.15, -0.1) is 0 Å². The minimum Gasteiger partial charge on any atom is -0.394 e. The van der Waals surface area contributed by atoms with Crippen LogP contribution in [0, 0.1) is 0 Å². The van der Waals surface area contributed by atoms with Crippen LogP contribution in [-0.4, -0.2) is 29.3 Å². The normalized spacial score (nSPS) is 17.8. The van der Waals surface area contributed by atoms with Crippen LogP contribution in [0.5, 0.6) is 0 Å². The Balaban J connectivity index is 2.41. The molecule has 100 valence electrons. The molecule has 0 saturated heterocycles. The summed E-state index contributed by atoms with van der Waals surface area (Å²) in [4.78, 5) is 11.9. The van der Waals surface area contributed by atoms with Gasteiger partial charge in [-0.25, -0.2) is 4.79 Å². The highest BCUT2D eigenvalue weighted by Gasteiger charge is 2.28. The minimum absolute atomic E-state index is 0.00190. The van der Waals surface area contributed by atoms with Crippen LogP contribution in [-0.2, 0) is 0 Å². The molecule has 0 aromatic heterocycles. The van der Waals surface area contributed by atoms with E-state index in [9.17, 15) is 9.90 Å². The molecule has 0 spiro atoms. The first-order valence-corrected chi connectivity index (χ1v) is 6.85. The summed E-state index contributed by atoms with van der Waals surface area (Å²) in [5, 5.41) is 15.3. The zero-order chi connectivity index (χ0) is 12.7. The topological polar surface area (TPSA) is 61.4 Å². The van der Waals surface area contributed by atoms with Gasteiger partial charge in [-0.1, -0.05) is 33.1 Å². The van der Waals surface area contributed by atoms with Crippen molar-refractivity contribution in [1.82, 2.24) is 10.6 Å². The highest BCUT2D eigenvalue weighted by Crippen LogP contribution is 2.18. The predicted molar refractivity (Wildman–Crippen MR) is 68.9 cm³/mol. The van der Waals surface area contributed by atoms with E-state index in [4.69, 9.17) is 0 Å². The average molecular weight is 242 g/mol. The highest BCUT2D eigenvalue weighted by molar-refractivity contribution is 5.75. The van der Waals surface area contributed by atoms with Crippen LogP contribution in [0.2, 0.25) is 0 Å². The maximum atomic E-state index is 11.9. The van der Waals surface area contributed by atoms with Gasteiger partial charge in [0.1, 0.15) is 0 Å². The van der Waals surface area contributed by atoms with Crippen molar-refractivity contribution in [1.29, 1.82) is 0 Å². The Kier molecular flexibility index (Phi) is 5.75. The Morgan fingerprint density at radius 2 is 1.82 bits per heavy atom. The molecule has 3 N–H and O–H groups in total. The molecule has 0 unspecified atom stereocenters. The standard InChI is InChI=1S/C13H26N2O2/c1-3-13(4-2,10-16)15-12(17)14-11-8-6-5-7-9-11/h11,16H,3-10H2,1-2H3,(H2,14,15,17). The van der Waals surface area contributed by atoms with Gasteiger partial charge in [-0.3, -0.25) is 0 Å². The monoisotopic (exact) mass is 242 g/mol. The van der Waals surface area contributed by atoms with Crippen molar-refractivity contribution in [3.63, 3.8) is 0 Å². The Labute approximate surface area is 104 Å². The number of rotatable bonds is 5. The number of hydrogen-bond donors (Lipinski definition) is 3. The van der Waals surface area contributed by atoms with Gasteiger partial charge in [0.05, 0.1) is 12.1 Å². The maximum Gasteiger partial charge on any atom is 0.315 e. The molecule has 0 aromatic rings. The summed E-state index contributed by atoms with van der Waals surface area (Å²) in [6.07, 6.45) is 7.35. The molecule has 4 heteroatoms. The number of amides is 2. The molecule has 1 fully saturated rings. The van der Waals surface area contributed by atoms with Gasteiger partial charge < -0.3 is 15.7 Å². The molecular formula is C13H26N2O2. The molecule has 1 saturated carbocycles. The summed E-state index contributed by atoms with van der Waals surface area (Å²) < 4.78 is 0. The van der Waals surface area contributed by atoms with Crippen molar-refractivity contribution in [2.75, 3.05) is 6.61 Å². The first kappa shape index (κ1) is 14.3. The number of nitrogens with one attached hydrogen (secondary N) is 2. The van der Waals surface area contributed by atoms with E-state index in [0.29, 0.717) is 6.04 Å². The molecule has 0 aromatic carbocycles. The van der Waals surface area contributed by atoms with E-state index in [-0.39, 0.29) is 12.6 Å². The Morgan fingerprint density at radius 1 is 1.24 bits per heavy atom. The van der Waals surface area contributed by atoms with E-state index in [0.717, 1.165) is 25.7 Å². The summed E-state index contributed by atoms with van der Waals surface area (Å²) in [7, 11) is 0. The third-order valence-corrected chi connectivity index (χ3v) is 3.98. The molecule has 1 aliphatic rings. The zero-order valence-electron chi connectivity index (χ0n) is 11.1. The van der Waals surface area contributed by atoms with Crippen molar-refractivity contribution in [2.45, 2.75) is 70.4 Å². The Bertz CT molecular complexity index is 225. The molecule has 4 nitrogen and oxygen atoms in total. The van der Waals surface area contributed by atoms with E-state index in [1.807, 2.05) is 13.8 Å². The van der Waals surface area contributed by atoms with Crippen molar-refractivity contribution < 1.29 is 9.90 Å². The van der Waals surface area contributed by atoms with Crippen molar-refractivity contribution in [2.24, 2.45) is 0 Å². The summed E-state index contributed by atoms with van der Waals surface area (Å²) >= 11 is 0. The first-order valence-electron chi connectivity index (χ1n) is 6.85. The molecule has 0 bridgehead atoms. The average Bonchev–Trinajstić information content (AvgIpc) is 2.37. The summed E-state index contributed by atoms with van der Waals surface area (Å²) in [5.74, 6) is 0. The lowest BCUT2D eigenvalue weighted by atomic mass is 9.93. The van der Waals surface area contributed by atoms with Crippen LogP contribution in [0.15, 0.2) is 0 Å². The molecule has 1 rings (SSSR count). The van der Waals surface area contributed by atoms with Crippen molar-refractivity contribution in [3.8, 4) is 0 Å². The Morgan fingerprint density at radius 3 is 2.29 bits per heavy atom. The van der Waals surface area contributed by atoms with Crippen molar-refractivity contribution >= 4 is 6.03 Å². The fraction of sp³-hybridized carbons (Fsp3) is 0.923. The number of aliphatic hydroxyl groups is 1. The minimum atomic E-state index is -0.460. The lowest BCUT2D eigenvalue weighted by molar-refractivity contribution is 0.150. The van der Waals surface area contributed by atoms with Crippen LogP contribution in [0.3, 0.4) is 0 Å². The number of carbonyl (C=O) groups is 1. The van der Waals surface area contributed by atoms with Gasteiger partial charge in [0, 0.05) is 6.04 Å². The summed E-state index contributed by atoms with van der Waals surface area (Å²) in [6, 6.07) is 0.184. The number of urea groups is 1. The largest absolute Gasteiger partial charge is 0.394 e. The molecule has 0 heterocycles. The second-order valence-electron chi connectivity index (χ2n) is 5.08. The lowest BCUT2D eigenvalue weighted by Crippen LogP contribution is -2.55. The van der Waals surface area contributed by atoms with E-state index < -0.39 is 5.54 Å². The Hall–Kier alpha value is -0.770. The van der Waals surface area contributed by atoms with Crippen LogP contribution in [0.25, 0.3) is 0 Å². The predicted octanol–water partition coefficient (Wildman–Crippen LogP) is 2.17. The number of aliphatic hydroxyl groups excluding tert-OH is 1. The van der Waals surface area contributed by atoms with Crippen LogP contribution >= 0.6 is 0 Å². The van der Waals surface area contributed by atoms with Gasteiger partial charge in [0.2, 0.25) is 0 Å². The van der Waals surface area contributed by atoms with E-state index in [1.165, 1.54) is 19.3 Å². The number of hydrogen-bond acceptors (Lipinski definition) is 2. The van der Waals surface area contributed by atoms with Crippen LogP contribution in [0.1, 0.15) is 58.8 Å². The van der Waals surface area contributed by atoms with Gasteiger partial charge in [0.25, 0.3) is 0 Å². The lowest BCUT2D eigenvalue weighted by Gasteiger charge is -2.32. The van der Waals surface area contributed by atoms with E-state index >= 15 is 0 Å². The van der Waals surface area contributed by atoms with Gasteiger partial charge in [-0.2, -0.15) is 0 Å². The molecule has 0 radical (unpaired) electrons. The van der Waals surface area contributed by atoms with Crippen molar-refractivity contribution in [3.05, 3.63) is 0 Å². The molecule has 2 amide bonds. The highest BCUT2D eigenvalue weighted by atomic mass is 16.3. The fourth-order valence-corrected chi connectivity index (χ4v) is 2.40. The third kappa shape index (κ3) is 4.19. The van der Waals surface area contributed by atoms with Crippen LogP contribution in [0.4, 0.5) is 4.79 Å².